The summed E-state index contributed by atoms with van der Waals surface area (Å²) in [5.74, 6) is -1.55. The highest BCUT2D eigenvalue weighted by Gasteiger charge is 2.19. The minimum absolute atomic E-state index is 0.0564. The van der Waals surface area contributed by atoms with Crippen LogP contribution in [-0.4, -0.2) is 24.6 Å². The highest BCUT2D eigenvalue weighted by molar-refractivity contribution is 8.02. The number of amides is 1. The molecule has 0 heterocycles. The number of alkyl halides is 2. The number of thioether (sulfide) groups is 1. The average molecular weight is 393 g/mol. The van der Waals surface area contributed by atoms with Crippen LogP contribution in [0.3, 0.4) is 0 Å². The quantitative estimate of drug-likeness (QED) is 0.407. The van der Waals surface area contributed by atoms with E-state index in [4.69, 9.17) is 4.74 Å². The van der Waals surface area contributed by atoms with Crippen LogP contribution < -0.4 is 10.1 Å². The Balaban J connectivity index is 1.87. The third-order valence-electron chi connectivity index (χ3n) is 3.17. The van der Waals surface area contributed by atoms with Gasteiger partial charge in [0.25, 0.3) is 5.91 Å². The number of carbonyl (C=O) groups is 2. The zero-order chi connectivity index (χ0) is 19.6. The van der Waals surface area contributed by atoms with Crippen LogP contribution in [0.4, 0.5) is 14.5 Å². The van der Waals surface area contributed by atoms with Crippen LogP contribution in [0.15, 0.2) is 71.0 Å². The largest absolute Gasteiger partial charge is 0.449 e. The predicted octanol–water partition coefficient (Wildman–Crippen LogP) is 4.46. The molecule has 0 aliphatic heterocycles. The number of rotatable bonds is 8. The van der Waals surface area contributed by atoms with E-state index in [9.17, 15) is 18.4 Å². The van der Waals surface area contributed by atoms with Gasteiger partial charge in [-0.15, -0.1) is 0 Å². The topological polar surface area (TPSA) is 64.6 Å². The van der Waals surface area contributed by atoms with Gasteiger partial charge in [-0.05, 0) is 36.6 Å². The molecular formula is C19H17F2NO4S. The Hall–Kier alpha value is -2.87. The van der Waals surface area contributed by atoms with Crippen molar-refractivity contribution in [3.8, 4) is 5.75 Å². The number of anilines is 1. The molecule has 1 amide bonds. The maximum atomic E-state index is 12.4. The number of hydrogen-bond donors (Lipinski definition) is 1. The van der Waals surface area contributed by atoms with Crippen molar-refractivity contribution in [2.24, 2.45) is 0 Å². The summed E-state index contributed by atoms with van der Waals surface area (Å²) in [6.07, 6.45) is 0.0819. The van der Waals surface area contributed by atoms with Crippen molar-refractivity contribution >= 4 is 29.3 Å². The first-order chi connectivity index (χ1) is 13.0. The molecule has 0 radical (unpaired) electrons. The summed E-state index contributed by atoms with van der Waals surface area (Å²) >= 11 is 1.32. The van der Waals surface area contributed by atoms with Crippen LogP contribution in [-0.2, 0) is 14.3 Å². The lowest BCUT2D eigenvalue weighted by molar-refractivity contribution is -0.148. The van der Waals surface area contributed by atoms with E-state index in [-0.39, 0.29) is 11.4 Å². The van der Waals surface area contributed by atoms with Gasteiger partial charge in [0, 0.05) is 11.0 Å². The second-order valence-electron chi connectivity index (χ2n) is 5.18. The highest BCUT2D eigenvalue weighted by Crippen LogP contribution is 2.25. The van der Waals surface area contributed by atoms with E-state index in [0.717, 1.165) is 4.90 Å². The Kier molecular flexibility index (Phi) is 7.81. The van der Waals surface area contributed by atoms with Gasteiger partial charge in [-0.1, -0.05) is 42.1 Å². The molecule has 0 bridgehead atoms. The van der Waals surface area contributed by atoms with Gasteiger partial charge >= 0.3 is 12.6 Å². The molecule has 27 heavy (non-hydrogen) atoms. The molecule has 0 spiro atoms. The number of hydrogen-bond acceptors (Lipinski definition) is 5. The van der Waals surface area contributed by atoms with Gasteiger partial charge in [0.2, 0.25) is 0 Å². The lowest BCUT2D eigenvalue weighted by Gasteiger charge is -2.15. The van der Waals surface area contributed by atoms with Crippen LogP contribution in [0, 0.1) is 0 Å². The maximum absolute atomic E-state index is 12.4. The molecule has 2 aromatic rings. The fraction of sp³-hybridized carbons (Fsp3) is 0.158. The second-order valence-corrected chi connectivity index (χ2v) is 6.16. The number of esters is 1. The number of para-hydroxylation sites is 2. The number of halogens is 2. The van der Waals surface area contributed by atoms with Gasteiger partial charge in [0.1, 0.15) is 5.75 Å². The van der Waals surface area contributed by atoms with Gasteiger partial charge in [-0.3, -0.25) is 4.79 Å². The summed E-state index contributed by atoms with van der Waals surface area (Å²) in [4.78, 5) is 24.9. The zero-order valence-electron chi connectivity index (χ0n) is 14.3. The summed E-state index contributed by atoms with van der Waals surface area (Å²) < 4.78 is 34.1. The Morgan fingerprint density at radius 1 is 1.07 bits per heavy atom. The fourth-order valence-electron chi connectivity index (χ4n) is 1.94. The monoisotopic (exact) mass is 393 g/mol. The van der Waals surface area contributed by atoms with Gasteiger partial charge in [-0.25, -0.2) is 4.79 Å². The van der Waals surface area contributed by atoms with Crippen molar-refractivity contribution in [1.29, 1.82) is 0 Å². The SMILES string of the molecule is C[C@H](OC(=O)/C=C/Sc1ccccc1)C(=O)Nc1ccccc1OC(F)F. The molecule has 0 saturated carbocycles. The first-order valence-electron chi connectivity index (χ1n) is 7.89. The predicted molar refractivity (Wildman–Crippen MR) is 98.7 cm³/mol. The van der Waals surface area contributed by atoms with Crippen LogP contribution in [0.1, 0.15) is 6.92 Å². The summed E-state index contributed by atoms with van der Waals surface area (Å²) in [7, 11) is 0. The van der Waals surface area contributed by atoms with E-state index >= 15 is 0 Å². The normalized spacial score (nSPS) is 12.0. The van der Waals surface area contributed by atoms with Crippen molar-refractivity contribution in [2.45, 2.75) is 24.5 Å². The standard InChI is InChI=1S/C19H17F2NO4S/c1-13(25-17(23)11-12-27-14-7-3-2-4-8-14)18(24)22-15-9-5-6-10-16(15)26-19(20)21/h2-13,19H,1H3,(H,22,24)/b12-11+/t13-/m0/s1. The Morgan fingerprint density at radius 2 is 1.74 bits per heavy atom. The first kappa shape index (κ1) is 20.4. The Bertz CT molecular complexity index is 799. The van der Waals surface area contributed by atoms with Crippen molar-refractivity contribution in [3.05, 3.63) is 66.1 Å². The fourth-order valence-corrected chi connectivity index (χ4v) is 2.59. The molecule has 2 rings (SSSR count). The molecular weight excluding hydrogens is 376 g/mol. The molecule has 0 aromatic heterocycles. The molecule has 5 nitrogen and oxygen atoms in total. The molecule has 2 aromatic carbocycles. The van der Waals surface area contributed by atoms with E-state index in [1.54, 1.807) is 11.5 Å². The Morgan fingerprint density at radius 3 is 2.44 bits per heavy atom. The van der Waals surface area contributed by atoms with Crippen molar-refractivity contribution in [2.75, 3.05) is 5.32 Å². The summed E-state index contributed by atoms with van der Waals surface area (Å²) in [5.41, 5.74) is 0.0564. The van der Waals surface area contributed by atoms with Crippen molar-refractivity contribution in [1.82, 2.24) is 0 Å². The van der Waals surface area contributed by atoms with E-state index in [1.807, 2.05) is 30.3 Å². The highest BCUT2D eigenvalue weighted by atomic mass is 32.2. The minimum Gasteiger partial charge on any atom is -0.449 e. The lowest BCUT2D eigenvalue weighted by Crippen LogP contribution is -2.29. The van der Waals surface area contributed by atoms with Crippen LogP contribution >= 0.6 is 11.8 Å². The average Bonchev–Trinajstić information content (AvgIpc) is 2.63. The summed E-state index contributed by atoms with van der Waals surface area (Å²) in [6.45, 7) is -1.65. The van der Waals surface area contributed by atoms with Crippen molar-refractivity contribution in [3.63, 3.8) is 0 Å². The van der Waals surface area contributed by atoms with Gasteiger partial charge < -0.3 is 14.8 Å². The van der Waals surface area contributed by atoms with Crippen LogP contribution in [0.5, 0.6) is 5.75 Å². The molecule has 1 atom stereocenters. The van der Waals surface area contributed by atoms with E-state index < -0.39 is 24.6 Å². The van der Waals surface area contributed by atoms with Crippen molar-refractivity contribution < 1.29 is 27.8 Å². The number of carbonyl (C=O) groups excluding carboxylic acids is 2. The third-order valence-corrected chi connectivity index (χ3v) is 3.99. The van der Waals surface area contributed by atoms with E-state index in [2.05, 4.69) is 10.1 Å². The minimum atomic E-state index is -3.02. The molecule has 142 valence electrons. The van der Waals surface area contributed by atoms with E-state index in [0.29, 0.717) is 0 Å². The zero-order valence-corrected chi connectivity index (χ0v) is 15.1. The number of nitrogens with one attached hydrogen (secondary N) is 1. The van der Waals surface area contributed by atoms with Crippen LogP contribution in [0.2, 0.25) is 0 Å². The summed E-state index contributed by atoms with van der Waals surface area (Å²) in [6, 6.07) is 15.1. The van der Waals surface area contributed by atoms with Gasteiger partial charge in [-0.2, -0.15) is 8.78 Å². The van der Waals surface area contributed by atoms with E-state index in [1.165, 1.54) is 43.0 Å². The molecule has 0 aliphatic carbocycles. The maximum Gasteiger partial charge on any atom is 0.387 e. The molecule has 0 unspecified atom stereocenters. The smallest absolute Gasteiger partial charge is 0.387 e. The van der Waals surface area contributed by atoms with Crippen LogP contribution in [0.25, 0.3) is 0 Å². The molecule has 0 saturated heterocycles. The second kappa shape index (κ2) is 10.3. The summed E-state index contributed by atoms with van der Waals surface area (Å²) in [5, 5.41) is 3.95. The van der Waals surface area contributed by atoms with Gasteiger partial charge in [0.15, 0.2) is 6.10 Å². The first-order valence-corrected chi connectivity index (χ1v) is 8.77. The molecule has 0 aliphatic rings. The molecule has 1 N–H and O–H groups in total. The Labute approximate surface area is 159 Å². The lowest BCUT2D eigenvalue weighted by atomic mass is 10.2. The number of benzene rings is 2. The molecule has 8 heteroatoms. The molecule has 0 fully saturated rings. The third kappa shape index (κ3) is 7.10. The number of ether oxygens (including phenoxy) is 2. The van der Waals surface area contributed by atoms with Gasteiger partial charge in [0.05, 0.1) is 5.69 Å².